The van der Waals surface area contributed by atoms with Crippen molar-refractivity contribution < 1.29 is 14.7 Å². The number of carbonyl (C=O) groups excluding carboxylic acids is 1. The molecule has 4 N–H and O–H groups in total. The Bertz CT molecular complexity index is 622. The molecule has 0 aromatic carbocycles. The van der Waals surface area contributed by atoms with Crippen molar-refractivity contribution in [3.8, 4) is 0 Å². The first-order valence-electron chi connectivity index (χ1n) is 6.11. The number of nitrogens with zero attached hydrogens (tertiary/aromatic N) is 4. The lowest BCUT2D eigenvalue weighted by Gasteiger charge is -2.16. The number of carboxylic acid groups (broad SMARTS) is 1. The molecule has 0 aliphatic carbocycles. The third-order valence-corrected chi connectivity index (χ3v) is 2.77. The third-order valence-electron chi connectivity index (χ3n) is 2.77. The zero-order valence-electron chi connectivity index (χ0n) is 11.4. The Morgan fingerprint density at radius 1 is 1.43 bits per heavy atom. The van der Waals surface area contributed by atoms with Gasteiger partial charge in [0, 0.05) is 18.8 Å². The fourth-order valence-corrected chi connectivity index (χ4v) is 1.74. The van der Waals surface area contributed by atoms with E-state index < -0.39 is 24.1 Å². The predicted molar refractivity (Wildman–Crippen MR) is 70.0 cm³/mol. The number of urea groups is 1. The molecule has 0 spiro atoms. The van der Waals surface area contributed by atoms with Gasteiger partial charge in [0.1, 0.15) is 12.2 Å². The van der Waals surface area contributed by atoms with E-state index in [-0.39, 0.29) is 0 Å². The van der Waals surface area contributed by atoms with Crippen LogP contribution in [0.5, 0.6) is 0 Å². The Morgan fingerprint density at radius 3 is 2.71 bits per heavy atom. The molecule has 2 rings (SSSR count). The van der Waals surface area contributed by atoms with Gasteiger partial charge in [-0.25, -0.2) is 14.6 Å². The van der Waals surface area contributed by atoms with Gasteiger partial charge in [0.15, 0.2) is 6.04 Å². The van der Waals surface area contributed by atoms with E-state index in [2.05, 4.69) is 30.9 Å². The largest absolute Gasteiger partial charge is 0.479 e. The molecule has 0 radical (unpaired) electrons. The smallest absolute Gasteiger partial charge is 0.331 e. The van der Waals surface area contributed by atoms with E-state index in [1.807, 2.05) is 0 Å². The first kappa shape index (κ1) is 14.5. The topological polar surface area (TPSA) is 138 Å². The summed E-state index contributed by atoms with van der Waals surface area (Å²) in [6, 6.07) is -2.24. The maximum absolute atomic E-state index is 11.9. The summed E-state index contributed by atoms with van der Waals surface area (Å²) >= 11 is 0. The van der Waals surface area contributed by atoms with E-state index >= 15 is 0 Å². The standard InChI is InChI=1S/C11H15N7O3/c1-6(9-12-5-13-17-9)15-11(21)16-8(10(19)20)7-3-14-18(2)4-7/h3-6,8H,1-2H3,(H,19,20)(H,12,13,17)(H2,15,16,21). The second-order valence-corrected chi connectivity index (χ2v) is 4.43. The number of rotatable bonds is 5. The van der Waals surface area contributed by atoms with Crippen molar-refractivity contribution >= 4 is 12.0 Å². The van der Waals surface area contributed by atoms with Crippen LogP contribution in [0.25, 0.3) is 0 Å². The lowest BCUT2D eigenvalue weighted by atomic mass is 10.1. The summed E-state index contributed by atoms with van der Waals surface area (Å²) < 4.78 is 1.46. The molecule has 10 heteroatoms. The first-order chi connectivity index (χ1) is 9.97. The highest BCUT2D eigenvalue weighted by molar-refractivity contribution is 5.83. The highest BCUT2D eigenvalue weighted by Gasteiger charge is 2.24. The maximum atomic E-state index is 11.9. The van der Waals surface area contributed by atoms with Gasteiger partial charge in [0.25, 0.3) is 0 Å². The Morgan fingerprint density at radius 2 is 2.19 bits per heavy atom. The summed E-state index contributed by atoms with van der Waals surface area (Å²) in [6.07, 6.45) is 4.24. The van der Waals surface area contributed by atoms with Gasteiger partial charge >= 0.3 is 12.0 Å². The van der Waals surface area contributed by atoms with Crippen molar-refractivity contribution in [2.75, 3.05) is 0 Å². The minimum atomic E-state index is -1.18. The summed E-state index contributed by atoms with van der Waals surface area (Å²) in [5.41, 5.74) is 0.382. The van der Waals surface area contributed by atoms with Crippen LogP contribution in [0.4, 0.5) is 4.79 Å². The number of amides is 2. The summed E-state index contributed by atoms with van der Waals surface area (Å²) in [6.45, 7) is 1.69. The molecule has 0 bridgehead atoms. The molecular formula is C11H15N7O3. The Kier molecular flexibility index (Phi) is 4.16. The molecule has 0 fully saturated rings. The third kappa shape index (κ3) is 3.55. The molecule has 2 aromatic rings. The summed E-state index contributed by atoms with van der Waals surface area (Å²) in [7, 11) is 1.66. The first-order valence-corrected chi connectivity index (χ1v) is 6.11. The van der Waals surface area contributed by atoms with Crippen LogP contribution in [-0.2, 0) is 11.8 Å². The van der Waals surface area contributed by atoms with Crippen LogP contribution in [0, 0.1) is 0 Å². The number of carboxylic acids is 1. The predicted octanol–water partition coefficient (Wildman–Crippen LogP) is -0.276. The molecule has 10 nitrogen and oxygen atoms in total. The molecule has 0 aliphatic heterocycles. The second kappa shape index (κ2) is 6.03. The molecule has 21 heavy (non-hydrogen) atoms. The van der Waals surface area contributed by atoms with Gasteiger partial charge in [-0.2, -0.15) is 10.2 Å². The average molecular weight is 293 g/mol. The minimum Gasteiger partial charge on any atom is -0.479 e. The SMILES string of the molecule is CC(NC(=O)NC(C(=O)O)c1cnn(C)c1)c1ncn[nH]1. The highest BCUT2D eigenvalue weighted by atomic mass is 16.4. The van der Waals surface area contributed by atoms with Gasteiger partial charge in [-0.3, -0.25) is 9.78 Å². The van der Waals surface area contributed by atoms with Crippen LogP contribution < -0.4 is 10.6 Å². The maximum Gasteiger partial charge on any atom is 0.331 e. The van der Waals surface area contributed by atoms with E-state index in [0.717, 1.165) is 0 Å². The van der Waals surface area contributed by atoms with Crippen molar-refractivity contribution in [3.63, 3.8) is 0 Å². The quantitative estimate of drug-likeness (QED) is 0.598. The summed E-state index contributed by atoms with van der Waals surface area (Å²) in [4.78, 5) is 27.0. The molecule has 2 aromatic heterocycles. The van der Waals surface area contributed by atoms with Crippen molar-refractivity contribution in [3.05, 3.63) is 30.1 Å². The molecule has 112 valence electrons. The fraction of sp³-hybridized carbons (Fsp3) is 0.364. The van der Waals surface area contributed by atoms with Gasteiger partial charge in [-0.15, -0.1) is 0 Å². The number of carbonyl (C=O) groups is 2. The Balaban J connectivity index is 2.00. The van der Waals surface area contributed by atoms with Gasteiger partial charge in [-0.1, -0.05) is 0 Å². The van der Waals surface area contributed by atoms with E-state index in [1.54, 1.807) is 14.0 Å². The van der Waals surface area contributed by atoms with Crippen molar-refractivity contribution in [1.29, 1.82) is 0 Å². The number of nitrogens with one attached hydrogen (secondary N) is 3. The lowest BCUT2D eigenvalue weighted by molar-refractivity contribution is -0.139. The zero-order chi connectivity index (χ0) is 15.4. The van der Waals surface area contributed by atoms with E-state index in [1.165, 1.54) is 23.4 Å². The number of hydrogen-bond acceptors (Lipinski definition) is 5. The van der Waals surface area contributed by atoms with Crippen LogP contribution in [0.15, 0.2) is 18.7 Å². The number of aromatic amines is 1. The average Bonchev–Trinajstić information content (AvgIpc) is 3.06. The molecular weight excluding hydrogens is 278 g/mol. The van der Waals surface area contributed by atoms with Crippen LogP contribution in [0.2, 0.25) is 0 Å². The van der Waals surface area contributed by atoms with Gasteiger partial charge in [0.05, 0.1) is 12.2 Å². The van der Waals surface area contributed by atoms with Gasteiger partial charge < -0.3 is 15.7 Å². The normalized spacial score (nSPS) is 13.4. The van der Waals surface area contributed by atoms with E-state index in [0.29, 0.717) is 11.4 Å². The van der Waals surface area contributed by atoms with Crippen LogP contribution in [0.3, 0.4) is 0 Å². The number of aliphatic carboxylic acids is 1. The van der Waals surface area contributed by atoms with E-state index in [9.17, 15) is 14.7 Å². The number of aryl methyl sites for hydroxylation is 1. The molecule has 0 saturated heterocycles. The van der Waals surface area contributed by atoms with Crippen LogP contribution in [0.1, 0.15) is 30.4 Å². The molecule has 2 heterocycles. The summed E-state index contributed by atoms with van der Waals surface area (Å²) in [5, 5.41) is 24.3. The Hall–Kier alpha value is -2.91. The fourth-order valence-electron chi connectivity index (χ4n) is 1.74. The van der Waals surface area contributed by atoms with Gasteiger partial charge in [-0.05, 0) is 6.92 Å². The molecule has 0 saturated carbocycles. The monoisotopic (exact) mass is 293 g/mol. The molecule has 2 unspecified atom stereocenters. The van der Waals surface area contributed by atoms with Crippen molar-refractivity contribution in [1.82, 2.24) is 35.6 Å². The number of H-pyrrole nitrogens is 1. The molecule has 2 amide bonds. The highest BCUT2D eigenvalue weighted by Crippen LogP contribution is 2.12. The number of hydrogen-bond donors (Lipinski definition) is 4. The molecule has 2 atom stereocenters. The van der Waals surface area contributed by atoms with Crippen molar-refractivity contribution in [2.24, 2.45) is 7.05 Å². The Labute approximate surface area is 119 Å². The number of aromatic nitrogens is 5. The zero-order valence-corrected chi connectivity index (χ0v) is 11.4. The van der Waals surface area contributed by atoms with Crippen LogP contribution >= 0.6 is 0 Å². The van der Waals surface area contributed by atoms with Crippen LogP contribution in [-0.4, -0.2) is 42.1 Å². The molecule has 0 aliphatic rings. The van der Waals surface area contributed by atoms with Crippen molar-refractivity contribution in [2.45, 2.75) is 19.0 Å². The van der Waals surface area contributed by atoms with Gasteiger partial charge in [0.2, 0.25) is 0 Å². The van der Waals surface area contributed by atoms with E-state index in [4.69, 9.17) is 0 Å². The summed E-state index contributed by atoms with van der Waals surface area (Å²) in [5.74, 6) is -0.705. The second-order valence-electron chi connectivity index (χ2n) is 4.43. The lowest BCUT2D eigenvalue weighted by Crippen LogP contribution is -2.42. The minimum absolute atomic E-state index is 0.382.